The molecule has 2 heterocycles. The predicted molar refractivity (Wildman–Crippen MR) is 172 cm³/mol. The number of nitrogens with zero attached hydrogens (tertiary/aromatic N) is 2. The Hall–Kier alpha value is -3.85. The minimum absolute atomic E-state index is 0.203. The zero-order valence-corrected chi connectivity index (χ0v) is 28.0. The van der Waals surface area contributed by atoms with Crippen LogP contribution in [0.5, 0.6) is 23.0 Å². The Labute approximate surface area is 271 Å². The number of hydrogen-bond donors (Lipinski definition) is 0. The number of carbonyl (C=O) groups excluding carboxylic acids is 2. The molecule has 0 unspecified atom stereocenters. The summed E-state index contributed by atoms with van der Waals surface area (Å²) in [5, 5.41) is 0. The molecule has 0 N–H and O–H groups in total. The molecule has 0 amide bonds. The smallest absolute Gasteiger partial charge is 0.344 e. The minimum atomic E-state index is -0.812. The third-order valence-electron chi connectivity index (χ3n) is 6.28. The number of hydrogen-bond acceptors (Lipinski definition) is 11. The lowest BCUT2D eigenvalue weighted by Gasteiger charge is -2.23. The molecule has 0 saturated carbocycles. The lowest BCUT2D eigenvalue weighted by Crippen LogP contribution is -2.39. The number of halogens is 1. The van der Waals surface area contributed by atoms with E-state index in [4.69, 9.17) is 28.4 Å². The first-order chi connectivity index (χ1) is 21.3. The summed E-state index contributed by atoms with van der Waals surface area (Å²) in [4.78, 5) is 43.6. The van der Waals surface area contributed by atoms with Crippen molar-refractivity contribution in [1.29, 1.82) is 0 Å². The van der Waals surface area contributed by atoms with Gasteiger partial charge in [-0.2, -0.15) is 0 Å². The fourth-order valence-electron chi connectivity index (χ4n) is 4.55. The zero-order valence-electron chi connectivity index (χ0n) is 25.0. The van der Waals surface area contributed by atoms with Gasteiger partial charge in [0.15, 0.2) is 34.4 Å². The van der Waals surface area contributed by atoms with Crippen LogP contribution in [0.15, 0.2) is 51.9 Å². The second kappa shape index (κ2) is 15.2. The van der Waals surface area contributed by atoms with E-state index in [-0.39, 0.29) is 24.3 Å². The van der Waals surface area contributed by atoms with E-state index in [0.717, 1.165) is 0 Å². The van der Waals surface area contributed by atoms with Gasteiger partial charge in [0.2, 0.25) is 0 Å². The third-order valence-corrected chi connectivity index (χ3v) is 8.08. The zero-order chi connectivity index (χ0) is 31.8. The van der Waals surface area contributed by atoms with Crippen LogP contribution in [0.2, 0.25) is 0 Å². The van der Waals surface area contributed by atoms with Gasteiger partial charge in [0.05, 0.1) is 53.3 Å². The number of ether oxygens (including phenoxy) is 6. The van der Waals surface area contributed by atoms with Crippen LogP contribution >= 0.6 is 33.9 Å². The molecule has 0 bridgehead atoms. The van der Waals surface area contributed by atoms with E-state index in [2.05, 4.69) is 27.6 Å². The van der Waals surface area contributed by atoms with Crippen molar-refractivity contribution in [1.82, 2.24) is 4.57 Å². The van der Waals surface area contributed by atoms with Crippen LogP contribution in [0.25, 0.3) is 6.08 Å². The van der Waals surface area contributed by atoms with Crippen molar-refractivity contribution >= 4 is 51.9 Å². The van der Waals surface area contributed by atoms with E-state index in [1.165, 1.54) is 29.2 Å². The highest BCUT2D eigenvalue weighted by Gasteiger charge is 2.31. The number of methoxy groups -OCH3 is 1. The number of benzene rings is 2. The number of carbonyl (C=O) groups is 2. The normalized spacial score (nSPS) is 14.2. The second-order valence-corrected chi connectivity index (χ2v) is 11.3. The molecule has 0 spiro atoms. The second-order valence-electron chi connectivity index (χ2n) is 9.10. The average Bonchev–Trinajstić information content (AvgIpc) is 3.31. The molecule has 234 valence electrons. The van der Waals surface area contributed by atoms with Gasteiger partial charge in [-0.15, -0.1) is 0 Å². The van der Waals surface area contributed by atoms with E-state index in [1.54, 1.807) is 37.3 Å². The van der Waals surface area contributed by atoms with Crippen molar-refractivity contribution in [3.8, 4) is 23.0 Å². The molecular weight excluding hydrogens is 703 g/mol. The van der Waals surface area contributed by atoms with Gasteiger partial charge in [-0.25, -0.2) is 14.6 Å². The molecule has 0 fully saturated rings. The van der Waals surface area contributed by atoms with Gasteiger partial charge in [-0.05, 0) is 91.8 Å². The van der Waals surface area contributed by atoms with E-state index in [9.17, 15) is 14.4 Å². The van der Waals surface area contributed by atoms with Crippen LogP contribution in [0.4, 0.5) is 0 Å². The van der Waals surface area contributed by atoms with Gasteiger partial charge < -0.3 is 28.4 Å². The van der Waals surface area contributed by atoms with Crippen LogP contribution < -0.4 is 33.8 Å². The fourth-order valence-corrected chi connectivity index (χ4v) is 6.30. The molecule has 11 nitrogen and oxygen atoms in total. The predicted octanol–water partition coefficient (Wildman–Crippen LogP) is 3.76. The number of esters is 2. The van der Waals surface area contributed by atoms with Crippen LogP contribution in [0.3, 0.4) is 0 Å². The standard InChI is InChI=1S/C31H33IN2O9S/c1-6-39-22-11-10-19(15-23(22)40-7-2)27-20(30(37)38-5)16-33-31-34(27)29(36)25(44-31)14-18-12-21(32)28(24(13-18)41-8-3)43-17-26(35)42-9-4/h10-16,27H,6-9,17H2,1-5H3/b25-14-/t27-/m1/s1. The lowest BCUT2D eigenvalue weighted by atomic mass is 9.97. The first-order valence-corrected chi connectivity index (χ1v) is 15.9. The molecule has 2 aromatic carbocycles. The Balaban J connectivity index is 1.82. The van der Waals surface area contributed by atoms with Gasteiger partial charge in [-0.3, -0.25) is 9.36 Å². The summed E-state index contributed by atoms with van der Waals surface area (Å²) in [6.45, 7) is 8.50. The van der Waals surface area contributed by atoms with Crippen LogP contribution in [0, 0.1) is 3.57 Å². The molecular formula is C31H33IN2O9S. The van der Waals surface area contributed by atoms with Crippen LogP contribution in [0.1, 0.15) is 44.9 Å². The van der Waals surface area contributed by atoms with Crippen LogP contribution in [-0.2, 0) is 19.1 Å². The SMILES string of the molecule is CCOC(=O)COc1c(I)cc(/C=c2\sc3n(c2=O)[C@H](c2ccc(OCC)c(OCC)c2)C(C(=O)OC)=CN=3)cc1OCC. The van der Waals surface area contributed by atoms with Crippen molar-refractivity contribution in [3.05, 3.63) is 76.5 Å². The van der Waals surface area contributed by atoms with Gasteiger partial charge in [0, 0.05) is 6.20 Å². The minimum Gasteiger partial charge on any atom is -0.490 e. The average molecular weight is 737 g/mol. The molecule has 3 aromatic rings. The van der Waals surface area contributed by atoms with Gasteiger partial charge in [0.1, 0.15) is 0 Å². The Morgan fingerprint density at radius 2 is 1.66 bits per heavy atom. The Bertz CT molecular complexity index is 1750. The number of fused-ring (bicyclic) bond motifs is 1. The van der Waals surface area contributed by atoms with Crippen molar-refractivity contribution < 1.29 is 38.0 Å². The van der Waals surface area contributed by atoms with Crippen molar-refractivity contribution in [2.75, 3.05) is 40.1 Å². The number of aromatic nitrogens is 1. The molecule has 13 heteroatoms. The molecule has 0 saturated heterocycles. The van der Waals surface area contributed by atoms with E-state index in [1.807, 2.05) is 26.8 Å². The quantitative estimate of drug-likeness (QED) is 0.191. The largest absolute Gasteiger partial charge is 0.490 e. The summed E-state index contributed by atoms with van der Waals surface area (Å²) in [7, 11) is 1.28. The van der Waals surface area contributed by atoms with Crippen molar-refractivity contribution in [2.24, 2.45) is 4.99 Å². The lowest BCUT2D eigenvalue weighted by molar-refractivity contribution is -0.145. The molecule has 0 radical (unpaired) electrons. The summed E-state index contributed by atoms with van der Waals surface area (Å²) in [5.41, 5.74) is 1.17. The Morgan fingerprint density at radius 3 is 2.34 bits per heavy atom. The Morgan fingerprint density at radius 1 is 0.955 bits per heavy atom. The highest BCUT2D eigenvalue weighted by atomic mass is 127. The highest BCUT2D eigenvalue weighted by Crippen LogP contribution is 2.36. The molecule has 1 aliphatic heterocycles. The first kappa shape index (κ1) is 33.1. The topological polar surface area (TPSA) is 124 Å². The maximum atomic E-state index is 14.0. The fraction of sp³-hybridized carbons (Fsp3) is 0.355. The van der Waals surface area contributed by atoms with E-state index < -0.39 is 18.0 Å². The molecule has 0 aliphatic carbocycles. The molecule has 1 atom stereocenters. The molecule has 1 aliphatic rings. The summed E-state index contributed by atoms with van der Waals surface area (Å²) >= 11 is 3.28. The summed E-state index contributed by atoms with van der Waals surface area (Å²) < 4.78 is 35.6. The summed E-state index contributed by atoms with van der Waals surface area (Å²) in [5.74, 6) is 0.794. The Kier molecular flexibility index (Phi) is 11.4. The van der Waals surface area contributed by atoms with Crippen LogP contribution in [-0.4, -0.2) is 56.6 Å². The van der Waals surface area contributed by atoms with E-state index >= 15 is 0 Å². The molecule has 44 heavy (non-hydrogen) atoms. The first-order valence-electron chi connectivity index (χ1n) is 14.0. The molecule has 1 aromatic heterocycles. The summed E-state index contributed by atoms with van der Waals surface area (Å²) in [6, 6.07) is 8.07. The monoisotopic (exact) mass is 736 g/mol. The highest BCUT2D eigenvalue weighted by molar-refractivity contribution is 14.1. The third kappa shape index (κ3) is 7.26. The molecule has 4 rings (SSSR count). The maximum Gasteiger partial charge on any atom is 0.344 e. The van der Waals surface area contributed by atoms with Gasteiger partial charge >= 0.3 is 11.9 Å². The van der Waals surface area contributed by atoms with Crippen molar-refractivity contribution in [3.63, 3.8) is 0 Å². The van der Waals surface area contributed by atoms with Gasteiger partial charge in [-0.1, -0.05) is 17.4 Å². The number of thiazole rings is 1. The van der Waals surface area contributed by atoms with Crippen molar-refractivity contribution in [2.45, 2.75) is 33.7 Å². The number of rotatable bonds is 13. The van der Waals surface area contributed by atoms with Gasteiger partial charge in [0.25, 0.3) is 5.56 Å². The maximum absolute atomic E-state index is 14.0. The van der Waals surface area contributed by atoms with E-state index in [0.29, 0.717) is 66.8 Å². The summed E-state index contributed by atoms with van der Waals surface area (Å²) in [6.07, 6.45) is 3.17.